The molecule has 1 amide bonds. The molecule has 3 rings (SSSR count). The van der Waals surface area contributed by atoms with Crippen LogP contribution in [0.3, 0.4) is 0 Å². The van der Waals surface area contributed by atoms with Crippen molar-refractivity contribution in [3.63, 3.8) is 0 Å². The Bertz CT molecular complexity index is 859. The maximum absolute atomic E-state index is 12.6. The van der Waals surface area contributed by atoms with Gasteiger partial charge >= 0.3 is 0 Å². The Morgan fingerprint density at radius 2 is 1.84 bits per heavy atom. The van der Waals surface area contributed by atoms with E-state index in [0.29, 0.717) is 21.4 Å². The molecular weight excluding hydrogens is 334 g/mol. The molecule has 1 N–H and O–H groups in total. The van der Waals surface area contributed by atoms with Crippen LogP contribution < -0.4 is 5.32 Å². The first kappa shape index (κ1) is 17.2. The second-order valence-corrected chi connectivity index (χ2v) is 6.89. The van der Waals surface area contributed by atoms with Crippen LogP contribution in [-0.4, -0.2) is 39.9 Å². The van der Waals surface area contributed by atoms with Gasteiger partial charge in [0.05, 0.1) is 5.69 Å². The average Bonchev–Trinajstić information content (AvgIpc) is 2.99. The summed E-state index contributed by atoms with van der Waals surface area (Å²) in [5, 5.41) is 3.56. The van der Waals surface area contributed by atoms with Crippen molar-refractivity contribution in [2.24, 2.45) is 0 Å². The summed E-state index contributed by atoms with van der Waals surface area (Å²) < 4.78 is 0. The van der Waals surface area contributed by atoms with Crippen LogP contribution in [0.5, 0.6) is 0 Å². The Kier molecular flexibility index (Phi) is 5.16. The first-order valence-electron chi connectivity index (χ1n) is 7.83. The molecule has 2 heterocycles. The largest absolute Gasteiger partial charge is 0.321 e. The summed E-state index contributed by atoms with van der Waals surface area (Å²) in [7, 11) is 4.05. The molecule has 1 aromatic carbocycles. The summed E-state index contributed by atoms with van der Waals surface area (Å²) in [6, 6.07) is 9.59. The highest BCUT2D eigenvalue weighted by atomic mass is 32.1. The van der Waals surface area contributed by atoms with Crippen molar-refractivity contribution in [3.05, 3.63) is 58.9 Å². The van der Waals surface area contributed by atoms with E-state index in [0.717, 1.165) is 12.2 Å². The zero-order chi connectivity index (χ0) is 17.8. The molecule has 3 aromatic rings. The highest BCUT2D eigenvalue weighted by molar-refractivity contribution is 7.17. The smallest absolute Gasteiger partial charge is 0.267 e. The van der Waals surface area contributed by atoms with Crippen LogP contribution in [0, 0.1) is 6.92 Å². The number of hydrogen-bond donors (Lipinski definition) is 1. The number of nitrogens with one attached hydrogen (secondary N) is 1. The van der Waals surface area contributed by atoms with Gasteiger partial charge in [-0.05, 0) is 44.8 Å². The van der Waals surface area contributed by atoms with E-state index in [1.54, 1.807) is 18.5 Å². The predicted molar refractivity (Wildman–Crippen MR) is 99.7 cm³/mol. The molecular formula is C18H19N5OS. The molecule has 0 bridgehead atoms. The third kappa shape index (κ3) is 4.26. The molecule has 0 atom stereocenters. The number of anilines is 1. The molecule has 128 valence electrons. The Balaban J connectivity index is 1.74. The van der Waals surface area contributed by atoms with Crippen molar-refractivity contribution in [3.8, 4) is 10.8 Å². The SMILES string of the molecule is Cc1nc(-c2ncccn2)sc1C(=O)Nc1ccc(CN(C)C)cc1. The van der Waals surface area contributed by atoms with Gasteiger partial charge in [-0.2, -0.15) is 0 Å². The number of carbonyl (C=O) groups is 1. The Morgan fingerprint density at radius 1 is 1.16 bits per heavy atom. The molecule has 0 spiro atoms. The predicted octanol–water partition coefficient (Wildman–Crippen LogP) is 3.22. The van der Waals surface area contributed by atoms with Crippen LogP contribution in [0.1, 0.15) is 20.9 Å². The van der Waals surface area contributed by atoms with Crippen LogP contribution >= 0.6 is 11.3 Å². The fourth-order valence-corrected chi connectivity index (χ4v) is 3.27. The maximum atomic E-state index is 12.6. The molecule has 0 radical (unpaired) electrons. The van der Waals surface area contributed by atoms with E-state index in [-0.39, 0.29) is 5.91 Å². The number of thiazole rings is 1. The van der Waals surface area contributed by atoms with Crippen molar-refractivity contribution in [1.29, 1.82) is 0 Å². The van der Waals surface area contributed by atoms with E-state index in [9.17, 15) is 4.79 Å². The monoisotopic (exact) mass is 353 g/mol. The van der Waals surface area contributed by atoms with Gasteiger partial charge in [-0.15, -0.1) is 11.3 Å². The van der Waals surface area contributed by atoms with Crippen molar-refractivity contribution in [2.45, 2.75) is 13.5 Å². The van der Waals surface area contributed by atoms with Gasteiger partial charge in [-0.3, -0.25) is 4.79 Å². The second kappa shape index (κ2) is 7.50. The van der Waals surface area contributed by atoms with E-state index < -0.39 is 0 Å². The third-order valence-electron chi connectivity index (χ3n) is 3.47. The van der Waals surface area contributed by atoms with Crippen LogP contribution in [0.4, 0.5) is 5.69 Å². The fourth-order valence-electron chi connectivity index (χ4n) is 2.36. The number of benzene rings is 1. The number of aromatic nitrogens is 3. The summed E-state index contributed by atoms with van der Waals surface area (Å²) in [6.07, 6.45) is 3.32. The Hall–Kier alpha value is -2.64. The van der Waals surface area contributed by atoms with E-state index in [1.165, 1.54) is 16.9 Å². The van der Waals surface area contributed by atoms with Gasteiger partial charge in [0.1, 0.15) is 4.88 Å². The van der Waals surface area contributed by atoms with Gasteiger partial charge < -0.3 is 10.2 Å². The number of aryl methyl sites for hydroxylation is 1. The van der Waals surface area contributed by atoms with Crippen molar-refractivity contribution < 1.29 is 4.79 Å². The quantitative estimate of drug-likeness (QED) is 0.762. The minimum absolute atomic E-state index is 0.169. The first-order chi connectivity index (χ1) is 12.0. The second-order valence-electron chi connectivity index (χ2n) is 5.89. The normalized spacial score (nSPS) is 10.9. The number of rotatable bonds is 5. The molecule has 0 saturated heterocycles. The molecule has 0 saturated carbocycles. The minimum atomic E-state index is -0.169. The van der Waals surface area contributed by atoms with Crippen molar-refractivity contribution in [2.75, 3.05) is 19.4 Å². The summed E-state index contributed by atoms with van der Waals surface area (Å²) >= 11 is 1.30. The number of nitrogens with zero attached hydrogens (tertiary/aromatic N) is 4. The van der Waals surface area contributed by atoms with E-state index in [4.69, 9.17) is 0 Å². The van der Waals surface area contributed by atoms with Crippen LogP contribution in [0.15, 0.2) is 42.7 Å². The van der Waals surface area contributed by atoms with E-state index in [2.05, 4.69) is 25.2 Å². The molecule has 0 aliphatic heterocycles. The Labute approximate surface area is 150 Å². The molecule has 0 fully saturated rings. The number of carbonyl (C=O) groups excluding carboxylic acids is 1. The molecule has 6 nitrogen and oxygen atoms in total. The highest BCUT2D eigenvalue weighted by Gasteiger charge is 2.17. The molecule has 0 aliphatic carbocycles. The van der Waals surface area contributed by atoms with Gasteiger partial charge in [-0.25, -0.2) is 15.0 Å². The number of amides is 1. The zero-order valence-corrected chi connectivity index (χ0v) is 15.2. The summed E-state index contributed by atoms with van der Waals surface area (Å²) in [4.78, 5) is 28.0. The molecule has 7 heteroatoms. The standard InChI is InChI=1S/C18H19N5OS/c1-12-15(25-18(21-12)16-19-9-4-10-20-16)17(24)22-14-7-5-13(6-8-14)11-23(2)3/h4-10H,11H2,1-3H3,(H,22,24). The van der Waals surface area contributed by atoms with Gasteiger partial charge in [0.2, 0.25) is 0 Å². The summed E-state index contributed by atoms with van der Waals surface area (Å²) in [6.45, 7) is 2.68. The zero-order valence-electron chi connectivity index (χ0n) is 14.4. The van der Waals surface area contributed by atoms with E-state index in [1.807, 2.05) is 45.3 Å². The lowest BCUT2D eigenvalue weighted by Crippen LogP contribution is -2.12. The lowest BCUT2D eigenvalue weighted by molar-refractivity contribution is 0.103. The summed E-state index contributed by atoms with van der Waals surface area (Å²) in [5.41, 5.74) is 2.63. The van der Waals surface area contributed by atoms with Gasteiger partial charge in [-0.1, -0.05) is 12.1 Å². The van der Waals surface area contributed by atoms with Crippen LogP contribution in [0.2, 0.25) is 0 Å². The maximum Gasteiger partial charge on any atom is 0.267 e. The van der Waals surface area contributed by atoms with Crippen molar-refractivity contribution in [1.82, 2.24) is 19.9 Å². The minimum Gasteiger partial charge on any atom is -0.321 e. The fraction of sp³-hybridized carbons (Fsp3) is 0.222. The van der Waals surface area contributed by atoms with Crippen molar-refractivity contribution >= 4 is 22.9 Å². The third-order valence-corrected chi connectivity index (χ3v) is 4.62. The van der Waals surface area contributed by atoms with Gasteiger partial charge in [0.25, 0.3) is 5.91 Å². The molecule has 0 aliphatic rings. The average molecular weight is 353 g/mol. The number of hydrogen-bond acceptors (Lipinski definition) is 6. The summed E-state index contributed by atoms with van der Waals surface area (Å²) in [5.74, 6) is 0.361. The lowest BCUT2D eigenvalue weighted by atomic mass is 10.2. The first-order valence-corrected chi connectivity index (χ1v) is 8.64. The topological polar surface area (TPSA) is 71.0 Å². The van der Waals surface area contributed by atoms with Gasteiger partial charge in [0.15, 0.2) is 10.8 Å². The molecule has 25 heavy (non-hydrogen) atoms. The lowest BCUT2D eigenvalue weighted by Gasteiger charge is -2.10. The Morgan fingerprint density at radius 3 is 2.48 bits per heavy atom. The molecule has 2 aromatic heterocycles. The van der Waals surface area contributed by atoms with E-state index >= 15 is 0 Å². The van der Waals surface area contributed by atoms with Crippen LogP contribution in [0.25, 0.3) is 10.8 Å². The highest BCUT2D eigenvalue weighted by Crippen LogP contribution is 2.26. The van der Waals surface area contributed by atoms with Gasteiger partial charge in [0, 0.05) is 24.6 Å². The van der Waals surface area contributed by atoms with Crippen LogP contribution in [-0.2, 0) is 6.54 Å². The molecule has 0 unspecified atom stereocenters.